The molecule has 0 aromatic heterocycles. The van der Waals surface area contributed by atoms with Gasteiger partial charge < -0.3 is 5.32 Å². The van der Waals surface area contributed by atoms with Crippen LogP contribution in [0.5, 0.6) is 0 Å². The van der Waals surface area contributed by atoms with Crippen LogP contribution >= 0.6 is 11.8 Å². The van der Waals surface area contributed by atoms with Gasteiger partial charge in [-0.25, -0.2) is 4.39 Å². The van der Waals surface area contributed by atoms with Gasteiger partial charge in [-0.1, -0.05) is 0 Å². The fourth-order valence-electron chi connectivity index (χ4n) is 1.21. The molecule has 0 aliphatic heterocycles. The van der Waals surface area contributed by atoms with E-state index in [-0.39, 0.29) is 5.82 Å². The summed E-state index contributed by atoms with van der Waals surface area (Å²) in [5.74, 6) is 0.715. The highest BCUT2D eigenvalue weighted by atomic mass is 32.2. The number of hydrogen-bond donors (Lipinski definition) is 1. The van der Waals surface area contributed by atoms with Crippen LogP contribution in [-0.2, 0) is 6.54 Å². The zero-order valence-corrected chi connectivity index (χ0v) is 9.40. The average molecular weight is 224 g/mol. The first-order chi connectivity index (χ1) is 7.27. The Bertz CT molecular complexity index is 360. The van der Waals surface area contributed by atoms with Crippen molar-refractivity contribution in [2.75, 3.05) is 18.6 Å². The Morgan fingerprint density at radius 1 is 1.53 bits per heavy atom. The Balaban J connectivity index is 2.59. The third-order valence-corrected chi connectivity index (χ3v) is 2.60. The molecule has 0 radical (unpaired) electrons. The van der Waals surface area contributed by atoms with Crippen molar-refractivity contribution in [1.29, 1.82) is 5.26 Å². The van der Waals surface area contributed by atoms with Crippen LogP contribution in [0.25, 0.3) is 0 Å². The lowest BCUT2D eigenvalue weighted by molar-refractivity contribution is 0.621. The molecule has 0 aliphatic carbocycles. The molecule has 80 valence electrons. The molecule has 0 heterocycles. The molecule has 4 heteroatoms. The topological polar surface area (TPSA) is 35.8 Å². The van der Waals surface area contributed by atoms with Gasteiger partial charge in [-0.3, -0.25) is 0 Å². The number of halogens is 1. The predicted molar refractivity (Wildman–Crippen MR) is 61.2 cm³/mol. The zero-order chi connectivity index (χ0) is 11.1. The summed E-state index contributed by atoms with van der Waals surface area (Å²) < 4.78 is 12.9. The minimum Gasteiger partial charge on any atom is -0.312 e. The van der Waals surface area contributed by atoms with E-state index in [0.717, 1.165) is 17.9 Å². The molecular formula is C11H13FN2S. The lowest BCUT2D eigenvalue weighted by Gasteiger charge is -2.05. The Kier molecular flexibility index (Phi) is 5.16. The Morgan fingerprint density at radius 2 is 2.33 bits per heavy atom. The SMILES string of the molecule is CSCCNCc1cc(F)ccc1C#N. The third-order valence-electron chi connectivity index (χ3n) is 1.99. The van der Waals surface area contributed by atoms with Crippen LogP contribution in [0.4, 0.5) is 4.39 Å². The van der Waals surface area contributed by atoms with E-state index in [1.807, 2.05) is 6.26 Å². The van der Waals surface area contributed by atoms with Gasteiger partial charge in [0.2, 0.25) is 0 Å². The predicted octanol–water partition coefficient (Wildman–Crippen LogP) is 2.15. The molecule has 0 bridgehead atoms. The minimum absolute atomic E-state index is 0.296. The molecule has 0 atom stereocenters. The molecule has 0 saturated heterocycles. The number of rotatable bonds is 5. The van der Waals surface area contributed by atoms with Crippen LogP contribution in [0.15, 0.2) is 18.2 Å². The summed E-state index contributed by atoms with van der Waals surface area (Å²) in [6.45, 7) is 1.41. The second kappa shape index (κ2) is 6.44. The van der Waals surface area contributed by atoms with Crippen LogP contribution in [0.2, 0.25) is 0 Å². The fraction of sp³-hybridized carbons (Fsp3) is 0.364. The van der Waals surface area contributed by atoms with Gasteiger partial charge in [-0.05, 0) is 30.0 Å². The van der Waals surface area contributed by atoms with Crippen molar-refractivity contribution in [3.05, 3.63) is 35.1 Å². The Morgan fingerprint density at radius 3 is 3.00 bits per heavy atom. The van der Waals surface area contributed by atoms with Gasteiger partial charge in [0.25, 0.3) is 0 Å². The quantitative estimate of drug-likeness (QED) is 0.778. The number of nitriles is 1. The first kappa shape index (κ1) is 12.0. The van der Waals surface area contributed by atoms with Crippen LogP contribution in [0.1, 0.15) is 11.1 Å². The number of hydrogen-bond acceptors (Lipinski definition) is 3. The first-order valence-corrected chi connectivity index (χ1v) is 6.05. The smallest absolute Gasteiger partial charge is 0.123 e. The summed E-state index contributed by atoms with van der Waals surface area (Å²) in [6.07, 6.45) is 2.03. The van der Waals surface area contributed by atoms with E-state index < -0.39 is 0 Å². The highest BCUT2D eigenvalue weighted by Crippen LogP contribution is 2.09. The van der Waals surface area contributed by atoms with E-state index in [4.69, 9.17) is 5.26 Å². The van der Waals surface area contributed by atoms with Crippen LogP contribution < -0.4 is 5.32 Å². The third kappa shape index (κ3) is 3.90. The van der Waals surface area contributed by atoms with E-state index in [1.165, 1.54) is 18.2 Å². The van der Waals surface area contributed by atoms with E-state index >= 15 is 0 Å². The largest absolute Gasteiger partial charge is 0.312 e. The molecule has 1 N–H and O–H groups in total. The van der Waals surface area contributed by atoms with E-state index in [9.17, 15) is 4.39 Å². The molecule has 1 rings (SSSR count). The molecule has 0 amide bonds. The minimum atomic E-state index is -0.296. The summed E-state index contributed by atoms with van der Waals surface area (Å²) in [6, 6.07) is 6.28. The molecule has 0 aliphatic rings. The van der Waals surface area contributed by atoms with E-state index in [1.54, 1.807) is 11.8 Å². The monoisotopic (exact) mass is 224 g/mol. The van der Waals surface area contributed by atoms with Gasteiger partial charge in [0.05, 0.1) is 11.6 Å². The Hall–Kier alpha value is -1.05. The second-order valence-corrected chi connectivity index (χ2v) is 4.07. The van der Waals surface area contributed by atoms with Gasteiger partial charge in [0.15, 0.2) is 0 Å². The average Bonchev–Trinajstić information content (AvgIpc) is 2.25. The molecule has 0 fully saturated rings. The van der Waals surface area contributed by atoms with Crippen LogP contribution in [0, 0.1) is 17.1 Å². The lowest BCUT2D eigenvalue weighted by Crippen LogP contribution is -2.17. The van der Waals surface area contributed by atoms with Gasteiger partial charge in [-0.15, -0.1) is 0 Å². The summed E-state index contributed by atoms with van der Waals surface area (Å²) >= 11 is 1.75. The zero-order valence-electron chi connectivity index (χ0n) is 8.59. The molecule has 0 spiro atoms. The van der Waals surface area contributed by atoms with Crippen molar-refractivity contribution in [3.8, 4) is 6.07 Å². The number of benzene rings is 1. The van der Waals surface area contributed by atoms with E-state index in [0.29, 0.717) is 12.1 Å². The van der Waals surface area contributed by atoms with Crippen molar-refractivity contribution >= 4 is 11.8 Å². The standard InChI is InChI=1S/C11H13FN2S/c1-15-5-4-14-8-10-6-11(12)3-2-9(10)7-13/h2-3,6,14H,4-5,8H2,1H3. The summed E-state index contributed by atoms with van der Waals surface area (Å²) in [4.78, 5) is 0. The highest BCUT2D eigenvalue weighted by molar-refractivity contribution is 7.98. The normalized spacial score (nSPS) is 9.93. The fourth-order valence-corrected chi connectivity index (χ4v) is 1.56. The molecule has 15 heavy (non-hydrogen) atoms. The van der Waals surface area contributed by atoms with Gasteiger partial charge >= 0.3 is 0 Å². The maximum Gasteiger partial charge on any atom is 0.123 e. The summed E-state index contributed by atoms with van der Waals surface area (Å²) in [5, 5.41) is 12.0. The maximum absolute atomic E-state index is 12.9. The number of thioether (sulfide) groups is 1. The van der Waals surface area contributed by atoms with Crippen LogP contribution in [-0.4, -0.2) is 18.6 Å². The number of nitrogens with one attached hydrogen (secondary N) is 1. The van der Waals surface area contributed by atoms with Crippen molar-refractivity contribution in [2.45, 2.75) is 6.54 Å². The van der Waals surface area contributed by atoms with Gasteiger partial charge in [-0.2, -0.15) is 17.0 Å². The van der Waals surface area contributed by atoms with Crippen LogP contribution in [0.3, 0.4) is 0 Å². The molecule has 0 saturated carbocycles. The highest BCUT2D eigenvalue weighted by Gasteiger charge is 2.02. The van der Waals surface area contributed by atoms with Crippen molar-refractivity contribution in [2.24, 2.45) is 0 Å². The first-order valence-electron chi connectivity index (χ1n) is 4.66. The maximum atomic E-state index is 12.9. The lowest BCUT2D eigenvalue weighted by atomic mass is 10.1. The molecular weight excluding hydrogens is 211 g/mol. The van der Waals surface area contributed by atoms with Gasteiger partial charge in [0, 0.05) is 18.8 Å². The van der Waals surface area contributed by atoms with Crippen molar-refractivity contribution in [1.82, 2.24) is 5.32 Å². The van der Waals surface area contributed by atoms with Crippen molar-refractivity contribution in [3.63, 3.8) is 0 Å². The summed E-state index contributed by atoms with van der Waals surface area (Å²) in [5.41, 5.74) is 1.26. The Labute approximate surface area is 93.5 Å². The molecule has 1 aromatic rings. The second-order valence-electron chi connectivity index (χ2n) is 3.08. The molecule has 1 aromatic carbocycles. The van der Waals surface area contributed by atoms with Crippen molar-refractivity contribution < 1.29 is 4.39 Å². The van der Waals surface area contributed by atoms with E-state index in [2.05, 4.69) is 11.4 Å². The molecule has 2 nitrogen and oxygen atoms in total. The number of nitrogens with zero attached hydrogens (tertiary/aromatic N) is 1. The molecule has 0 unspecified atom stereocenters. The van der Waals surface area contributed by atoms with Gasteiger partial charge in [0.1, 0.15) is 5.82 Å². The summed E-state index contributed by atoms with van der Waals surface area (Å²) in [7, 11) is 0.